The lowest BCUT2D eigenvalue weighted by Crippen LogP contribution is -1.99. The van der Waals surface area contributed by atoms with E-state index in [2.05, 4.69) is 0 Å². The summed E-state index contributed by atoms with van der Waals surface area (Å²) >= 11 is 5.18. The maximum absolute atomic E-state index is 8.41. The maximum Gasteiger partial charge on any atom is 0.0555 e. The second kappa shape index (κ2) is 3.44. The summed E-state index contributed by atoms with van der Waals surface area (Å²) in [5.41, 5.74) is 0. The Labute approximate surface area is 42.9 Å². The molecule has 0 aliphatic rings. The predicted molar refractivity (Wildman–Crippen MR) is 26.7 cm³/mol. The lowest BCUT2D eigenvalue weighted by Gasteiger charge is -1.93. The Hall–Kier alpha value is 0.250. The largest absolute Gasteiger partial charge is 0.393 e. The normalized spacial score (nSPS) is 14.5. The molecule has 0 fully saturated rings. The summed E-state index contributed by atoms with van der Waals surface area (Å²) in [7, 11) is 0. The molecule has 0 spiro atoms. The van der Waals surface area contributed by atoms with Gasteiger partial charge in [0.05, 0.1) is 6.10 Å². The van der Waals surface area contributed by atoms with Crippen LogP contribution in [0.5, 0.6) is 0 Å². The van der Waals surface area contributed by atoms with E-state index in [-0.39, 0.29) is 6.10 Å². The van der Waals surface area contributed by atoms with Crippen molar-refractivity contribution in [1.82, 2.24) is 0 Å². The number of hydrogen-bond acceptors (Lipinski definition) is 1. The molecule has 0 saturated carbocycles. The van der Waals surface area contributed by atoms with Crippen LogP contribution in [-0.2, 0) is 0 Å². The van der Waals surface area contributed by atoms with Gasteiger partial charge in [0, 0.05) is 12.3 Å². The van der Waals surface area contributed by atoms with E-state index in [0.717, 1.165) is 0 Å². The standard InChI is InChI=1S/C4H8ClO/c1-4(6)2-3-5/h2,4,6H,3H2,1H3. The second-order valence-electron chi connectivity index (χ2n) is 1.13. The number of rotatable bonds is 2. The minimum atomic E-state index is -0.359. The first-order chi connectivity index (χ1) is 2.77. The fraction of sp³-hybridized carbons (Fsp3) is 0.750. The Morgan fingerprint density at radius 3 is 2.50 bits per heavy atom. The SMILES string of the molecule is CC(O)[CH]CCl. The van der Waals surface area contributed by atoms with E-state index in [9.17, 15) is 0 Å². The van der Waals surface area contributed by atoms with Crippen LogP contribution in [0.4, 0.5) is 0 Å². The molecule has 1 nitrogen and oxygen atoms in total. The molecule has 1 radical (unpaired) electrons. The average Bonchev–Trinajstić information content (AvgIpc) is 1.35. The van der Waals surface area contributed by atoms with Crippen molar-refractivity contribution >= 4 is 11.6 Å². The molecule has 0 heterocycles. The van der Waals surface area contributed by atoms with Gasteiger partial charge in [0.1, 0.15) is 0 Å². The van der Waals surface area contributed by atoms with Crippen LogP contribution >= 0.6 is 11.6 Å². The van der Waals surface area contributed by atoms with E-state index in [1.165, 1.54) is 0 Å². The fourth-order valence-corrected chi connectivity index (χ4v) is 0.387. The van der Waals surface area contributed by atoms with Crippen LogP contribution in [0.1, 0.15) is 6.92 Å². The highest BCUT2D eigenvalue weighted by Crippen LogP contribution is 1.87. The van der Waals surface area contributed by atoms with Gasteiger partial charge in [0.2, 0.25) is 0 Å². The van der Waals surface area contributed by atoms with Crippen LogP contribution in [0, 0.1) is 6.42 Å². The summed E-state index contributed by atoms with van der Waals surface area (Å²) in [5, 5.41) is 8.41. The Morgan fingerprint density at radius 2 is 2.50 bits per heavy atom. The van der Waals surface area contributed by atoms with Crippen molar-refractivity contribution in [3.8, 4) is 0 Å². The Balaban J connectivity index is 2.63. The molecule has 2 heteroatoms. The van der Waals surface area contributed by atoms with Crippen molar-refractivity contribution in [2.75, 3.05) is 5.88 Å². The molecule has 1 atom stereocenters. The van der Waals surface area contributed by atoms with Crippen LogP contribution < -0.4 is 0 Å². The zero-order valence-corrected chi connectivity index (χ0v) is 4.44. The second-order valence-corrected chi connectivity index (χ2v) is 1.44. The first kappa shape index (κ1) is 6.25. The van der Waals surface area contributed by atoms with Crippen molar-refractivity contribution in [1.29, 1.82) is 0 Å². The average molecular weight is 108 g/mol. The summed E-state index contributed by atoms with van der Waals surface area (Å²) in [6, 6.07) is 0. The minimum absolute atomic E-state index is 0.359. The molecule has 37 valence electrons. The van der Waals surface area contributed by atoms with Gasteiger partial charge in [0.25, 0.3) is 0 Å². The number of aliphatic hydroxyl groups is 1. The summed E-state index contributed by atoms with van der Waals surface area (Å²) in [6.07, 6.45) is 1.25. The Kier molecular flexibility index (Phi) is 3.58. The number of hydrogen-bond donors (Lipinski definition) is 1. The molecule has 0 bridgehead atoms. The van der Waals surface area contributed by atoms with Gasteiger partial charge in [-0.1, -0.05) is 0 Å². The van der Waals surface area contributed by atoms with Gasteiger partial charge in [-0.15, -0.1) is 11.6 Å². The third-order valence-corrected chi connectivity index (χ3v) is 0.608. The van der Waals surface area contributed by atoms with Gasteiger partial charge >= 0.3 is 0 Å². The van der Waals surface area contributed by atoms with Gasteiger partial charge in [-0.25, -0.2) is 0 Å². The van der Waals surface area contributed by atoms with Crippen LogP contribution in [-0.4, -0.2) is 17.1 Å². The molecule has 0 aromatic carbocycles. The lowest BCUT2D eigenvalue weighted by atomic mass is 10.3. The molecule has 0 amide bonds. The van der Waals surface area contributed by atoms with Crippen molar-refractivity contribution in [3.63, 3.8) is 0 Å². The highest BCUT2D eigenvalue weighted by Gasteiger charge is 1.89. The number of alkyl halides is 1. The maximum atomic E-state index is 8.41. The zero-order chi connectivity index (χ0) is 4.99. The summed E-state index contributed by atoms with van der Waals surface area (Å²) in [6.45, 7) is 1.67. The molecule has 0 aliphatic heterocycles. The predicted octanol–water partition coefficient (Wildman–Crippen LogP) is 0.810. The molecular weight excluding hydrogens is 99.5 g/mol. The highest BCUT2D eigenvalue weighted by atomic mass is 35.5. The zero-order valence-electron chi connectivity index (χ0n) is 3.69. The van der Waals surface area contributed by atoms with E-state index in [4.69, 9.17) is 16.7 Å². The minimum Gasteiger partial charge on any atom is -0.393 e. The number of halogens is 1. The van der Waals surface area contributed by atoms with Crippen molar-refractivity contribution < 1.29 is 5.11 Å². The van der Waals surface area contributed by atoms with Gasteiger partial charge < -0.3 is 5.11 Å². The molecule has 1 unspecified atom stereocenters. The summed E-state index contributed by atoms with van der Waals surface area (Å²) in [5.74, 6) is 0.428. The third-order valence-electron chi connectivity index (χ3n) is 0.430. The van der Waals surface area contributed by atoms with Gasteiger partial charge in [0.15, 0.2) is 0 Å². The molecule has 0 aromatic rings. The van der Waals surface area contributed by atoms with Gasteiger partial charge in [-0.2, -0.15) is 0 Å². The molecule has 6 heavy (non-hydrogen) atoms. The van der Waals surface area contributed by atoms with Gasteiger partial charge in [-0.3, -0.25) is 0 Å². The molecular formula is C4H8ClO. The third kappa shape index (κ3) is 4.25. The van der Waals surface area contributed by atoms with Gasteiger partial charge in [-0.05, 0) is 6.92 Å². The first-order valence-electron chi connectivity index (χ1n) is 1.84. The molecule has 0 rings (SSSR count). The molecule has 0 aliphatic carbocycles. The van der Waals surface area contributed by atoms with Crippen LogP contribution in [0.3, 0.4) is 0 Å². The Morgan fingerprint density at radius 1 is 2.00 bits per heavy atom. The van der Waals surface area contributed by atoms with Crippen LogP contribution in [0.15, 0.2) is 0 Å². The summed E-state index contributed by atoms with van der Waals surface area (Å²) in [4.78, 5) is 0. The van der Waals surface area contributed by atoms with E-state index in [0.29, 0.717) is 5.88 Å². The smallest absolute Gasteiger partial charge is 0.0555 e. The first-order valence-corrected chi connectivity index (χ1v) is 2.38. The molecule has 1 N–H and O–H groups in total. The van der Waals surface area contributed by atoms with E-state index in [1.807, 2.05) is 0 Å². The molecule has 0 saturated heterocycles. The summed E-state index contributed by atoms with van der Waals surface area (Å²) < 4.78 is 0. The van der Waals surface area contributed by atoms with Crippen molar-refractivity contribution in [2.24, 2.45) is 0 Å². The highest BCUT2D eigenvalue weighted by molar-refractivity contribution is 6.18. The van der Waals surface area contributed by atoms with Crippen molar-refractivity contribution in [2.45, 2.75) is 13.0 Å². The molecule has 0 aromatic heterocycles. The fourth-order valence-electron chi connectivity index (χ4n) is 0.129. The Bertz CT molecular complexity index is 28.7. The number of aliphatic hydroxyl groups excluding tert-OH is 1. The van der Waals surface area contributed by atoms with E-state index < -0.39 is 0 Å². The van der Waals surface area contributed by atoms with E-state index in [1.54, 1.807) is 13.3 Å². The quantitative estimate of drug-likeness (QED) is 0.518. The monoisotopic (exact) mass is 107 g/mol. The topological polar surface area (TPSA) is 20.2 Å². The lowest BCUT2D eigenvalue weighted by molar-refractivity contribution is 0.228. The van der Waals surface area contributed by atoms with Crippen LogP contribution in [0.2, 0.25) is 0 Å². The van der Waals surface area contributed by atoms with Crippen molar-refractivity contribution in [3.05, 3.63) is 6.42 Å². The van der Waals surface area contributed by atoms with E-state index >= 15 is 0 Å². The van der Waals surface area contributed by atoms with Crippen LogP contribution in [0.25, 0.3) is 0 Å².